The van der Waals surface area contributed by atoms with Crippen LogP contribution in [0.3, 0.4) is 0 Å². The molecule has 0 saturated carbocycles. The van der Waals surface area contributed by atoms with Crippen molar-refractivity contribution < 1.29 is 19.4 Å². The zero-order valence-corrected chi connectivity index (χ0v) is 15.1. The van der Waals surface area contributed by atoms with E-state index in [1.807, 2.05) is 18.2 Å². The lowest BCUT2D eigenvalue weighted by molar-refractivity contribution is 0.0697. The molecule has 0 amide bonds. The highest BCUT2D eigenvalue weighted by Crippen LogP contribution is 2.33. The molecule has 2 aromatic carbocycles. The molecule has 1 aromatic heterocycles. The van der Waals surface area contributed by atoms with Crippen LogP contribution in [0.5, 0.6) is 11.5 Å². The predicted molar refractivity (Wildman–Crippen MR) is 104 cm³/mol. The second-order valence-corrected chi connectivity index (χ2v) is 6.18. The predicted octanol–water partition coefficient (Wildman–Crippen LogP) is 3.74. The molecule has 142 valence electrons. The van der Waals surface area contributed by atoms with Crippen LogP contribution >= 0.6 is 0 Å². The number of fused-ring (bicyclic) bond motifs is 1. The quantitative estimate of drug-likeness (QED) is 0.617. The molecule has 0 atom stereocenters. The third-order valence-electron chi connectivity index (χ3n) is 4.06. The lowest BCUT2D eigenvalue weighted by Crippen LogP contribution is -2.15. The number of nitrogens with zero attached hydrogens (tertiary/aromatic N) is 2. The molecule has 0 aliphatic carbocycles. The third-order valence-corrected chi connectivity index (χ3v) is 4.06. The number of nitrogens with one attached hydrogen (secondary N) is 2. The van der Waals surface area contributed by atoms with Crippen LogP contribution < -0.4 is 20.1 Å². The van der Waals surface area contributed by atoms with Crippen molar-refractivity contribution in [1.29, 1.82) is 0 Å². The van der Waals surface area contributed by atoms with Crippen LogP contribution in [0.15, 0.2) is 48.5 Å². The van der Waals surface area contributed by atoms with Crippen molar-refractivity contribution in [3.8, 4) is 11.5 Å². The maximum absolute atomic E-state index is 11.0. The second-order valence-electron chi connectivity index (χ2n) is 6.18. The number of aromatic nitrogens is 2. The monoisotopic (exact) mass is 378 g/mol. The van der Waals surface area contributed by atoms with Gasteiger partial charge in [-0.3, -0.25) is 0 Å². The minimum atomic E-state index is -0.963. The van der Waals surface area contributed by atoms with Crippen molar-refractivity contribution in [2.75, 3.05) is 23.8 Å². The number of hydrogen-bond acceptors (Lipinski definition) is 7. The smallest absolute Gasteiger partial charge is 0.335 e. The Labute approximate surface area is 161 Å². The van der Waals surface area contributed by atoms with Gasteiger partial charge in [0.1, 0.15) is 30.7 Å². The van der Waals surface area contributed by atoms with E-state index in [1.54, 1.807) is 25.1 Å². The fourth-order valence-corrected chi connectivity index (χ4v) is 2.81. The van der Waals surface area contributed by atoms with Crippen LogP contribution in [0.4, 0.5) is 23.0 Å². The van der Waals surface area contributed by atoms with Gasteiger partial charge in [0, 0.05) is 23.5 Å². The molecule has 3 aromatic rings. The van der Waals surface area contributed by atoms with Gasteiger partial charge in [0.25, 0.3) is 0 Å². The number of carboxylic acid groups (broad SMARTS) is 1. The lowest BCUT2D eigenvalue weighted by Gasteiger charge is -2.19. The SMILES string of the molecule is Cc1nc(Nc2ccc(C(=O)O)cc2)cc(Nc2ccc3c(c2)OCCO3)n1. The topological polar surface area (TPSA) is 106 Å². The van der Waals surface area contributed by atoms with Gasteiger partial charge in [-0.2, -0.15) is 0 Å². The van der Waals surface area contributed by atoms with E-state index in [9.17, 15) is 4.79 Å². The molecule has 3 N–H and O–H groups in total. The Balaban J connectivity index is 1.53. The summed E-state index contributed by atoms with van der Waals surface area (Å²) in [7, 11) is 0. The summed E-state index contributed by atoms with van der Waals surface area (Å²) in [5.41, 5.74) is 1.78. The number of carbonyl (C=O) groups is 1. The molecule has 0 fully saturated rings. The number of anilines is 4. The fourth-order valence-electron chi connectivity index (χ4n) is 2.81. The minimum absolute atomic E-state index is 0.227. The first-order valence-electron chi connectivity index (χ1n) is 8.69. The molecular formula is C20H18N4O4. The lowest BCUT2D eigenvalue weighted by atomic mass is 10.2. The molecule has 0 radical (unpaired) electrons. The first kappa shape index (κ1) is 17.6. The molecular weight excluding hydrogens is 360 g/mol. The first-order chi connectivity index (χ1) is 13.6. The van der Waals surface area contributed by atoms with Crippen molar-refractivity contribution in [1.82, 2.24) is 9.97 Å². The van der Waals surface area contributed by atoms with Crippen LogP contribution in [-0.4, -0.2) is 34.3 Å². The highest BCUT2D eigenvalue weighted by molar-refractivity contribution is 5.88. The summed E-state index contributed by atoms with van der Waals surface area (Å²) in [6.45, 7) is 2.87. The van der Waals surface area contributed by atoms with Gasteiger partial charge in [-0.1, -0.05) is 0 Å². The van der Waals surface area contributed by atoms with Gasteiger partial charge in [0.2, 0.25) is 0 Å². The second kappa shape index (κ2) is 7.43. The Morgan fingerprint density at radius 1 is 0.893 bits per heavy atom. The maximum Gasteiger partial charge on any atom is 0.335 e. The van der Waals surface area contributed by atoms with Crippen molar-refractivity contribution in [2.45, 2.75) is 6.92 Å². The first-order valence-corrected chi connectivity index (χ1v) is 8.69. The van der Waals surface area contributed by atoms with Gasteiger partial charge >= 0.3 is 5.97 Å². The fraction of sp³-hybridized carbons (Fsp3) is 0.150. The van der Waals surface area contributed by atoms with E-state index in [4.69, 9.17) is 14.6 Å². The van der Waals surface area contributed by atoms with Crippen LogP contribution in [0, 0.1) is 6.92 Å². The number of carboxylic acids is 1. The van der Waals surface area contributed by atoms with Crippen LogP contribution in [0.2, 0.25) is 0 Å². The summed E-state index contributed by atoms with van der Waals surface area (Å²) in [5, 5.41) is 15.4. The van der Waals surface area contributed by atoms with Gasteiger partial charge in [-0.05, 0) is 43.3 Å². The highest BCUT2D eigenvalue weighted by Gasteiger charge is 2.12. The molecule has 28 heavy (non-hydrogen) atoms. The van der Waals surface area contributed by atoms with E-state index in [0.717, 1.165) is 17.1 Å². The Morgan fingerprint density at radius 2 is 1.50 bits per heavy atom. The molecule has 0 bridgehead atoms. The van der Waals surface area contributed by atoms with Crippen molar-refractivity contribution in [2.24, 2.45) is 0 Å². The Hall–Kier alpha value is -3.81. The van der Waals surface area contributed by atoms with E-state index >= 15 is 0 Å². The Morgan fingerprint density at radius 3 is 2.18 bits per heavy atom. The van der Waals surface area contributed by atoms with Crippen molar-refractivity contribution >= 4 is 29.0 Å². The van der Waals surface area contributed by atoms with E-state index < -0.39 is 5.97 Å². The summed E-state index contributed by atoms with van der Waals surface area (Å²) < 4.78 is 11.1. The molecule has 8 nitrogen and oxygen atoms in total. The Kier molecular flexibility index (Phi) is 4.67. The molecule has 8 heteroatoms. The molecule has 0 unspecified atom stereocenters. The highest BCUT2D eigenvalue weighted by atomic mass is 16.6. The van der Waals surface area contributed by atoms with Gasteiger partial charge < -0.3 is 25.2 Å². The normalized spacial score (nSPS) is 12.3. The van der Waals surface area contributed by atoms with Crippen molar-refractivity contribution in [3.05, 3.63) is 59.9 Å². The zero-order chi connectivity index (χ0) is 19.5. The molecule has 0 spiro atoms. The summed E-state index contributed by atoms with van der Waals surface area (Å²) in [4.78, 5) is 19.7. The van der Waals surface area contributed by atoms with E-state index in [0.29, 0.717) is 36.4 Å². The largest absolute Gasteiger partial charge is 0.486 e. The summed E-state index contributed by atoms with van der Waals surface area (Å²) in [6, 6.07) is 13.8. The number of aryl methyl sites for hydroxylation is 1. The molecule has 2 heterocycles. The standard InChI is InChI=1S/C20H18N4O4/c1-12-21-18(23-14-4-2-13(3-5-14)20(25)26)11-19(22-12)24-15-6-7-16-17(10-15)28-9-8-27-16/h2-7,10-11H,8-9H2,1H3,(H,25,26)(H2,21,22,23,24). The Bertz CT molecular complexity index is 1020. The average molecular weight is 378 g/mol. The van der Waals surface area contributed by atoms with Crippen LogP contribution in [0.1, 0.15) is 16.2 Å². The molecule has 4 rings (SSSR count). The number of ether oxygens (including phenoxy) is 2. The number of aromatic carboxylic acids is 1. The summed E-state index contributed by atoms with van der Waals surface area (Å²) in [6.07, 6.45) is 0. The number of benzene rings is 2. The van der Waals surface area contributed by atoms with Gasteiger partial charge in [-0.25, -0.2) is 14.8 Å². The third kappa shape index (κ3) is 3.96. The molecule has 1 aliphatic rings. The van der Waals surface area contributed by atoms with Crippen molar-refractivity contribution in [3.63, 3.8) is 0 Å². The van der Waals surface area contributed by atoms with Crippen LogP contribution in [-0.2, 0) is 0 Å². The average Bonchev–Trinajstić information content (AvgIpc) is 2.68. The number of rotatable bonds is 5. The summed E-state index contributed by atoms with van der Waals surface area (Å²) in [5.74, 6) is 2.26. The summed E-state index contributed by atoms with van der Waals surface area (Å²) >= 11 is 0. The van der Waals surface area contributed by atoms with Crippen LogP contribution in [0.25, 0.3) is 0 Å². The van der Waals surface area contributed by atoms with E-state index in [-0.39, 0.29) is 5.56 Å². The number of hydrogen-bond donors (Lipinski definition) is 3. The minimum Gasteiger partial charge on any atom is -0.486 e. The van der Waals surface area contributed by atoms with Gasteiger partial charge in [0.05, 0.1) is 5.56 Å². The zero-order valence-electron chi connectivity index (χ0n) is 15.1. The van der Waals surface area contributed by atoms with E-state index in [1.165, 1.54) is 12.1 Å². The van der Waals surface area contributed by atoms with Gasteiger partial charge in [0.15, 0.2) is 11.5 Å². The van der Waals surface area contributed by atoms with Gasteiger partial charge in [-0.15, -0.1) is 0 Å². The van der Waals surface area contributed by atoms with E-state index in [2.05, 4.69) is 20.6 Å². The molecule has 0 saturated heterocycles. The molecule has 1 aliphatic heterocycles. The maximum atomic E-state index is 11.0.